The normalized spacial score (nSPS) is 12.4. The first-order valence-corrected chi connectivity index (χ1v) is 8.30. The molecule has 0 fully saturated rings. The fraction of sp³-hybridized carbons (Fsp3) is 0.600. The van der Waals surface area contributed by atoms with E-state index in [9.17, 15) is 9.59 Å². The number of nitrogens with zero attached hydrogens (tertiary/aromatic N) is 2. The lowest BCUT2D eigenvalue weighted by Crippen LogP contribution is -2.39. The average molecular weight is 320 g/mol. The van der Waals surface area contributed by atoms with Crippen molar-refractivity contribution in [2.24, 2.45) is 11.7 Å². The van der Waals surface area contributed by atoms with Crippen LogP contribution >= 0.6 is 34.9 Å². The molecule has 0 radical (unpaired) electrons. The topological polar surface area (TPSA) is 98.0 Å². The number of hydrogen-bond donors (Lipinski definition) is 2. The first-order chi connectivity index (χ1) is 8.88. The van der Waals surface area contributed by atoms with Crippen LogP contribution in [-0.2, 0) is 4.79 Å². The molecule has 6 nitrogen and oxygen atoms in total. The maximum Gasteiger partial charge on any atom is 0.318 e. The van der Waals surface area contributed by atoms with Gasteiger partial charge in [0.15, 0.2) is 8.68 Å². The second kappa shape index (κ2) is 7.71. The predicted molar refractivity (Wildman–Crippen MR) is 78.5 cm³/mol. The molecule has 9 heteroatoms. The minimum Gasteiger partial charge on any atom is -0.351 e. The number of carbonyl (C=O) groups is 2. The monoisotopic (exact) mass is 320 g/mol. The second-order valence-electron chi connectivity index (χ2n) is 4.15. The van der Waals surface area contributed by atoms with Crippen molar-refractivity contribution in [3.63, 3.8) is 0 Å². The maximum atomic E-state index is 11.5. The molecule has 0 saturated carbocycles. The molecule has 0 aromatic carbocycles. The Balaban J connectivity index is 2.48. The van der Waals surface area contributed by atoms with E-state index >= 15 is 0 Å². The lowest BCUT2D eigenvalue weighted by Gasteiger charge is -2.06. The number of primary amides is 1. The number of nitrogens with one attached hydrogen (secondary N) is 1. The van der Waals surface area contributed by atoms with Crippen LogP contribution in [0.1, 0.15) is 20.8 Å². The van der Waals surface area contributed by atoms with Gasteiger partial charge >= 0.3 is 6.03 Å². The van der Waals surface area contributed by atoms with Crippen molar-refractivity contribution >= 4 is 46.8 Å². The Bertz CT molecular complexity index is 450. The maximum absolute atomic E-state index is 11.5. The summed E-state index contributed by atoms with van der Waals surface area (Å²) >= 11 is 4.36. The van der Waals surface area contributed by atoms with Gasteiger partial charge in [0.05, 0.1) is 5.25 Å². The highest BCUT2D eigenvalue weighted by Gasteiger charge is 2.18. The van der Waals surface area contributed by atoms with Crippen LogP contribution in [0.4, 0.5) is 4.79 Å². The van der Waals surface area contributed by atoms with Crippen molar-refractivity contribution in [2.75, 3.05) is 5.75 Å². The molecule has 0 unspecified atom stereocenters. The van der Waals surface area contributed by atoms with Gasteiger partial charge < -0.3 is 5.73 Å². The Morgan fingerprint density at radius 1 is 1.32 bits per heavy atom. The lowest BCUT2D eigenvalue weighted by atomic mass is 10.3. The SMILES string of the molecule is CC(C)CSc1nnc(S[C@H](C)C(=O)NC(N)=O)s1. The standard InChI is InChI=1S/C10H16N4O2S3/c1-5(2)4-17-9-13-14-10(19-9)18-6(3)7(15)12-8(11)16/h5-6H,4H2,1-3H3,(H3,11,12,15,16)/t6-/m1/s1. The van der Waals surface area contributed by atoms with Crippen molar-refractivity contribution in [3.8, 4) is 0 Å². The minimum absolute atomic E-state index is 0.427. The summed E-state index contributed by atoms with van der Waals surface area (Å²) in [5.74, 6) is 1.14. The van der Waals surface area contributed by atoms with Crippen LogP contribution in [0.15, 0.2) is 8.68 Å². The van der Waals surface area contributed by atoms with E-state index in [1.54, 1.807) is 18.7 Å². The number of imide groups is 1. The third-order valence-corrected chi connectivity index (χ3v) is 5.49. The lowest BCUT2D eigenvalue weighted by molar-refractivity contribution is -0.119. The third kappa shape index (κ3) is 6.26. The molecule has 0 aliphatic rings. The highest BCUT2D eigenvalue weighted by Crippen LogP contribution is 2.31. The van der Waals surface area contributed by atoms with E-state index in [4.69, 9.17) is 5.73 Å². The molecule has 3 amide bonds. The highest BCUT2D eigenvalue weighted by molar-refractivity contribution is 8.03. The fourth-order valence-corrected chi connectivity index (χ4v) is 4.11. The quantitative estimate of drug-likeness (QED) is 0.778. The first kappa shape index (κ1) is 16.3. The van der Waals surface area contributed by atoms with Gasteiger partial charge in [-0.1, -0.05) is 48.7 Å². The van der Waals surface area contributed by atoms with Gasteiger partial charge in [-0.25, -0.2) is 4.79 Å². The van der Waals surface area contributed by atoms with Gasteiger partial charge in [-0.3, -0.25) is 10.1 Å². The molecule has 1 atom stereocenters. The molecular weight excluding hydrogens is 304 g/mol. The number of amides is 3. The summed E-state index contributed by atoms with van der Waals surface area (Å²) in [6.45, 7) is 5.96. The predicted octanol–water partition coefficient (Wildman–Crippen LogP) is 1.96. The number of rotatable bonds is 6. The molecule has 0 aliphatic carbocycles. The molecule has 19 heavy (non-hydrogen) atoms. The number of carbonyl (C=O) groups excluding carboxylic acids is 2. The van der Waals surface area contributed by atoms with Crippen molar-refractivity contribution in [3.05, 3.63) is 0 Å². The van der Waals surface area contributed by atoms with Crippen LogP contribution < -0.4 is 11.1 Å². The molecule has 106 valence electrons. The molecule has 0 spiro atoms. The summed E-state index contributed by atoms with van der Waals surface area (Å²) < 4.78 is 1.59. The summed E-state index contributed by atoms with van der Waals surface area (Å²) in [5, 5.41) is 9.66. The number of aromatic nitrogens is 2. The van der Waals surface area contributed by atoms with Crippen LogP contribution in [0.25, 0.3) is 0 Å². The van der Waals surface area contributed by atoms with E-state index in [-0.39, 0.29) is 0 Å². The number of urea groups is 1. The summed E-state index contributed by atoms with van der Waals surface area (Å²) in [7, 11) is 0. The summed E-state index contributed by atoms with van der Waals surface area (Å²) in [5.41, 5.74) is 4.89. The summed E-state index contributed by atoms with van der Waals surface area (Å²) in [4.78, 5) is 22.1. The Morgan fingerprint density at radius 2 is 1.95 bits per heavy atom. The minimum atomic E-state index is -0.845. The van der Waals surface area contributed by atoms with E-state index < -0.39 is 17.2 Å². The van der Waals surface area contributed by atoms with Crippen LogP contribution in [0.5, 0.6) is 0 Å². The Hall–Kier alpha value is -0.800. The van der Waals surface area contributed by atoms with Crippen molar-refractivity contribution < 1.29 is 9.59 Å². The molecular formula is C10H16N4O2S3. The Kier molecular flexibility index (Phi) is 6.59. The van der Waals surface area contributed by atoms with E-state index in [0.717, 1.165) is 10.1 Å². The Labute approximate surface area is 124 Å². The molecule has 0 aliphatic heterocycles. The van der Waals surface area contributed by atoms with Gasteiger partial charge in [0.1, 0.15) is 0 Å². The largest absolute Gasteiger partial charge is 0.351 e. The smallest absolute Gasteiger partial charge is 0.318 e. The van der Waals surface area contributed by atoms with Crippen LogP contribution in [0.2, 0.25) is 0 Å². The molecule has 1 aromatic heterocycles. The van der Waals surface area contributed by atoms with Gasteiger partial charge in [0, 0.05) is 5.75 Å². The van der Waals surface area contributed by atoms with Crippen LogP contribution in [0, 0.1) is 5.92 Å². The van der Waals surface area contributed by atoms with Crippen molar-refractivity contribution in [1.82, 2.24) is 15.5 Å². The second-order valence-corrected chi connectivity index (χ2v) is 7.98. The van der Waals surface area contributed by atoms with Gasteiger partial charge in [0.2, 0.25) is 5.91 Å². The van der Waals surface area contributed by atoms with Crippen LogP contribution in [-0.4, -0.2) is 33.1 Å². The zero-order valence-electron chi connectivity index (χ0n) is 10.9. The fourth-order valence-electron chi connectivity index (χ4n) is 0.969. The van der Waals surface area contributed by atoms with Gasteiger partial charge in [0.25, 0.3) is 0 Å². The van der Waals surface area contributed by atoms with Gasteiger partial charge in [-0.2, -0.15) is 0 Å². The zero-order valence-corrected chi connectivity index (χ0v) is 13.3. The van der Waals surface area contributed by atoms with Gasteiger partial charge in [-0.05, 0) is 12.8 Å². The molecule has 1 rings (SSSR count). The average Bonchev–Trinajstić information content (AvgIpc) is 2.73. The molecule has 3 N–H and O–H groups in total. The molecule has 0 saturated heterocycles. The van der Waals surface area contributed by atoms with Crippen molar-refractivity contribution in [2.45, 2.75) is 34.7 Å². The van der Waals surface area contributed by atoms with E-state index in [1.165, 1.54) is 23.1 Å². The van der Waals surface area contributed by atoms with E-state index in [2.05, 4.69) is 24.0 Å². The number of thioether (sulfide) groups is 2. The zero-order chi connectivity index (χ0) is 14.4. The van der Waals surface area contributed by atoms with E-state index in [0.29, 0.717) is 10.3 Å². The van der Waals surface area contributed by atoms with Crippen LogP contribution in [0.3, 0.4) is 0 Å². The molecule has 1 heterocycles. The third-order valence-electron chi connectivity index (χ3n) is 1.82. The molecule has 0 bridgehead atoms. The summed E-state index contributed by atoms with van der Waals surface area (Å²) in [6.07, 6.45) is 0. The number of nitrogens with two attached hydrogens (primary N) is 1. The summed E-state index contributed by atoms with van der Waals surface area (Å²) in [6, 6.07) is -0.845. The first-order valence-electron chi connectivity index (χ1n) is 5.61. The highest BCUT2D eigenvalue weighted by atomic mass is 32.2. The Morgan fingerprint density at radius 3 is 2.53 bits per heavy atom. The molecule has 1 aromatic rings. The number of hydrogen-bond acceptors (Lipinski definition) is 7. The van der Waals surface area contributed by atoms with Crippen molar-refractivity contribution in [1.29, 1.82) is 0 Å². The van der Waals surface area contributed by atoms with E-state index in [1.807, 2.05) is 5.32 Å². The van der Waals surface area contributed by atoms with Gasteiger partial charge in [-0.15, -0.1) is 10.2 Å².